The van der Waals surface area contributed by atoms with E-state index in [1.807, 2.05) is 0 Å². The van der Waals surface area contributed by atoms with Gasteiger partial charge in [0.1, 0.15) is 0 Å². The van der Waals surface area contributed by atoms with Gasteiger partial charge in [0.05, 0.1) is 22.3 Å². The third kappa shape index (κ3) is 3.93. The summed E-state index contributed by atoms with van der Waals surface area (Å²) >= 11 is 0. The smallest absolute Gasteiger partial charge is 0.242 e. The molecule has 21 heavy (non-hydrogen) atoms. The van der Waals surface area contributed by atoms with Crippen LogP contribution in [0.3, 0.4) is 0 Å². The van der Waals surface area contributed by atoms with Gasteiger partial charge >= 0.3 is 0 Å². The monoisotopic (exact) mass is 314 g/mol. The maximum atomic E-state index is 12.2. The normalized spacial score (nSPS) is 13.1. The van der Waals surface area contributed by atoms with Crippen LogP contribution in [-0.2, 0) is 14.8 Å². The molecule has 0 unspecified atom stereocenters. The molecular formula is C13H22N4O3S. The lowest BCUT2D eigenvalue weighted by Gasteiger charge is -2.20. The minimum Gasteiger partial charge on any atom is -0.376 e. The van der Waals surface area contributed by atoms with Crippen LogP contribution in [0.25, 0.3) is 0 Å². The molecule has 118 valence electrons. The first kappa shape index (κ1) is 17.4. The molecule has 7 nitrogen and oxygen atoms in total. The zero-order valence-corrected chi connectivity index (χ0v) is 13.7. The predicted octanol–water partition coefficient (Wildman–Crippen LogP) is 0.289. The van der Waals surface area contributed by atoms with E-state index in [2.05, 4.69) is 5.32 Å². The average molecular weight is 314 g/mol. The lowest BCUT2D eigenvalue weighted by molar-refractivity contribution is -0.117. The summed E-state index contributed by atoms with van der Waals surface area (Å²) in [5.74, 6) is -0.377. The summed E-state index contributed by atoms with van der Waals surface area (Å²) in [6.45, 7) is 1.56. The molecule has 1 atom stereocenters. The first-order chi connectivity index (χ1) is 9.57. The van der Waals surface area contributed by atoms with E-state index in [0.29, 0.717) is 11.4 Å². The number of benzene rings is 1. The highest BCUT2D eigenvalue weighted by atomic mass is 32.2. The number of carbonyl (C=O) groups is 1. The Morgan fingerprint density at radius 1 is 1.24 bits per heavy atom. The van der Waals surface area contributed by atoms with Crippen LogP contribution in [0.4, 0.5) is 11.4 Å². The van der Waals surface area contributed by atoms with Gasteiger partial charge in [-0.25, -0.2) is 12.7 Å². The molecule has 0 spiro atoms. The number of nitrogens with two attached hydrogens (primary N) is 1. The van der Waals surface area contributed by atoms with Gasteiger partial charge in [0.25, 0.3) is 0 Å². The number of nitrogens with one attached hydrogen (secondary N) is 1. The van der Waals surface area contributed by atoms with Crippen molar-refractivity contribution < 1.29 is 13.2 Å². The number of amides is 1. The highest BCUT2D eigenvalue weighted by Crippen LogP contribution is 2.28. The fourth-order valence-electron chi connectivity index (χ4n) is 1.62. The van der Waals surface area contributed by atoms with Crippen molar-refractivity contribution in [1.82, 2.24) is 4.31 Å². The number of sulfonamides is 1. The van der Waals surface area contributed by atoms with E-state index in [4.69, 9.17) is 5.73 Å². The van der Waals surface area contributed by atoms with Gasteiger partial charge in [0, 0.05) is 28.2 Å². The lowest BCUT2D eigenvalue weighted by Crippen LogP contribution is -2.33. The Morgan fingerprint density at radius 2 is 1.81 bits per heavy atom. The molecule has 0 bridgehead atoms. The third-order valence-electron chi connectivity index (χ3n) is 2.90. The van der Waals surface area contributed by atoms with Crippen LogP contribution in [0.15, 0.2) is 23.1 Å². The van der Waals surface area contributed by atoms with E-state index in [0.717, 1.165) is 4.31 Å². The lowest BCUT2D eigenvalue weighted by atomic mass is 10.2. The van der Waals surface area contributed by atoms with Crippen LogP contribution in [0.2, 0.25) is 0 Å². The molecule has 3 N–H and O–H groups in total. The van der Waals surface area contributed by atoms with E-state index in [1.54, 1.807) is 32.0 Å². The minimum atomic E-state index is -3.57. The molecule has 0 aliphatic rings. The van der Waals surface area contributed by atoms with E-state index in [1.165, 1.54) is 26.2 Å². The Kier molecular flexibility index (Phi) is 5.32. The molecule has 1 rings (SSSR count). The molecule has 0 aromatic heterocycles. The van der Waals surface area contributed by atoms with E-state index < -0.39 is 16.1 Å². The van der Waals surface area contributed by atoms with Gasteiger partial charge < -0.3 is 16.0 Å². The van der Waals surface area contributed by atoms with Crippen LogP contribution in [0.5, 0.6) is 0 Å². The fraction of sp³-hybridized carbons (Fsp3) is 0.462. The van der Waals surface area contributed by atoms with Crippen molar-refractivity contribution in [1.29, 1.82) is 0 Å². The summed E-state index contributed by atoms with van der Waals surface area (Å²) in [4.78, 5) is 13.7. The molecule has 0 aliphatic carbocycles. The molecule has 1 aromatic rings. The molecule has 8 heteroatoms. The molecule has 0 aliphatic heterocycles. The Labute approximate surface area is 125 Å². The summed E-state index contributed by atoms with van der Waals surface area (Å²) in [6, 6.07) is 3.90. The SMILES string of the molecule is C[C@H](N)C(=O)Nc1cc(S(=O)(=O)N(C)C)ccc1N(C)C. The molecule has 0 radical (unpaired) electrons. The van der Waals surface area contributed by atoms with Crippen LogP contribution in [-0.4, -0.2) is 52.9 Å². The maximum Gasteiger partial charge on any atom is 0.242 e. The molecular weight excluding hydrogens is 292 g/mol. The Morgan fingerprint density at radius 3 is 2.24 bits per heavy atom. The number of rotatable bonds is 5. The first-order valence-corrected chi connectivity index (χ1v) is 7.81. The predicted molar refractivity (Wildman–Crippen MR) is 83.9 cm³/mol. The van der Waals surface area contributed by atoms with Gasteiger partial charge in [-0.1, -0.05) is 0 Å². The second-order valence-corrected chi connectivity index (χ2v) is 7.29. The maximum absolute atomic E-state index is 12.2. The summed E-state index contributed by atoms with van der Waals surface area (Å²) in [6.07, 6.45) is 0. The second kappa shape index (κ2) is 6.42. The van der Waals surface area contributed by atoms with Crippen molar-refractivity contribution in [3.8, 4) is 0 Å². The van der Waals surface area contributed by atoms with Gasteiger partial charge in [-0.05, 0) is 25.1 Å². The van der Waals surface area contributed by atoms with Crippen molar-refractivity contribution in [2.45, 2.75) is 17.9 Å². The second-order valence-electron chi connectivity index (χ2n) is 5.14. The van der Waals surface area contributed by atoms with Crippen LogP contribution < -0.4 is 16.0 Å². The van der Waals surface area contributed by atoms with Gasteiger partial charge in [-0.2, -0.15) is 0 Å². The molecule has 1 amide bonds. The van der Waals surface area contributed by atoms with Gasteiger partial charge in [-0.3, -0.25) is 4.79 Å². The number of hydrogen-bond donors (Lipinski definition) is 2. The summed E-state index contributed by atoms with van der Waals surface area (Å²) in [5.41, 5.74) is 6.63. The third-order valence-corrected chi connectivity index (χ3v) is 4.71. The van der Waals surface area contributed by atoms with Gasteiger partial charge in [0.2, 0.25) is 15.9 Å². The fourth-order valence-corrected chi connectivity index (χ4v) is 2.55. The number of hydrogen-bond acceptors (Lipinski definition) is 5. The number of anilines is 2. The Bertz CT molecular complexity index is 624. The summed E-state index contributed by atoms with van der Waals surface area (Å²) < 4.78 is 25.4. The quantitative estimate of drug-likeness (QED) is 0.814. The zero-order chi connectivity index (χ0) is 16.4. The van der Waals surface area contributed by atoms with Gasteiger partial charge in [-0.15, -0.1) is 0 Å². The zero-order valence-electron chi connectivity index (χ0n) is 12.9. The van der Waals surface area contributed by atoms with Crippen molar-refractivity contribution in [2.24, 2.45) is 5.73 Å². The average Bonchev–Trinajstić information content (AvgIpc) is 2.37. The first-order valence-electron chi connectivity index (χ1n) is 6.37. The van der Waals surface area contributed by atoms with Crippen molar-refractivity contribution in [3.63, 3.8) is 0 Å². The van der Waals surface area contributed by atoms with Crippen molar-refractivity contribution in [2.75, 3.05) is 38.4 Å². The standard InChI is InChI=1S/C13H22N4O3S/c1-9(14)13(18)15-11-8-10(21(19,20)17(4)5)6-7-12(11)16(2)3/h6-9H,14H2,1-5H3,(H,15,18)/t9-/m0/s1. The highest BCUT2D eigenvalue weighted by Gasteiger charge is 2.20. The van der Waals surface area contributed by atoms with E-state index in [-0.39, 0.29) is 10.8 Å². The van der Waals surface area contributed by atoms with Crippen LogP contribution in [0, 0.1) is 0 Å². The topological polar surface area (TPSA) is 95.7 Å². The molecule has 0 saturated carbocycles. The van der Waals surface area contributed by atoms with E-state index in [9.17, 15) is 13.2 Å². The number of nitrogens with zero attached hydrogens (tertiary/aromatic N) is 2. The van der Waals surface area contributed by atoms with Crippen LogP contribution in [0.1, 0.15) is 6.92 Å². The largest absolute Gasteiger partial charge is 0.376 e. The highest BCUT2D eigenvalue weighted by molar-refractivity contribution is 7.89. The summed E-state index contributed by atoms with van der Waals surface area (Å²) in [7, 11) is 2.95. The number of carbonyl (C=O) groups excluding carboxylic acids is 1. The molecule has 0 fully saturated rings. The molecule has 0 heterocycles. The molecule has 0 saturated heterocycles. The van der Waals surface area contributed by atoms with Crippen LogP contribution >= 0.6 is 0 Å². The van der Waals surface area contributed by atoms with Gasteiger partial charge in [0.15, 0.2) is 0 Å². The molecule has 1 aromatic carbocycles. The Hall–Kier alpha value is -1.64. The van der Waals surface area contributed by atoms with E-state index >= 15 is 0 Å². The summed E-state index contributed by atoms with van der Waals surface area (Å²) in [5, 5.41) is 2.65. The Balaban J connectivity index is 3.34. The van der Waals surface area contributed by atoms with Crippen molar-refractivity contribution >= 4 is 27.3 Å². The minimum absolute atomic E-state index is 0.109. The van der Waals surface area contributed by atoms with Crippen molar-refractivity contribution in [3.05, 3.63) is 18.2 Å².